The van der Waals surface area contributed by atoms with Crippen LogP contribution in [0.3, 0.4) is 0 Å². The molecule has 0 spiro atoms. The zero-order valence-corrected chi connectivity index (χ0v) is 15.8. The third kappa shape index (κ3) is 8.79. The van der Waals surface area contributed by atoms with Crippen molar-refractivity contribution in [1.82, 2.24) is 9.80 Å². The van der Waals surface area contributed by atoms with Crippen LogP contribution in [0.15, 0.2) is 30.3 Å². The average Bonchev–Trinajstić information content (AvgIpc) is 2.61. The summed E-state index contributed by atoms with van der Waals surface area (Å²) in [7, 11) is 0. The summed E-state index contributed by atoms with van der Waals surface area (Å²) in [6.07, 6.45) is -0.452. The summed E-state index contributed by atoms with van der Waals surface area (Å²) < 4.78 is 11.0. The standard InChI is InChI=1S/C20H34N2O3/c1-18(2)16-25-17-20(23)15-22(14-19-6-4-3-5-7-19)9-8-21-10-12-24-13-11-21/h3-7,18,20,23H,8-17H2,1-2H3/t20-/m0/s1. The van der Waals surface area contributed by atoms with Crippen molar-refractivity contribution >= 4 is 0 Å². The Hall–Kier alpha value is -0.980. The molecule has 1 fully saturated rings. The van der Waals surface area contributed by atoms with Crippen molar-refractivity contribution < 1.29 is 14.6 Å². The molecule has 142 valence electrons. The van der Waals surface area contributed by atoms with E-state index < -0.39 is 6.10 Å². The minimum Gasteiger partial charge on any atom is -0.389 e. The molecule has 0 aliphatic carbocycles. The van der Waals surface area contributed by atoms with Crippen molar-refractivity contribution in [3.05, 3.63) is 35.9 Å². The molecule has 25 heavy (non-hydrogen) atoms. The van der Waals surface area contributed by atoms with E-state index in [4.69, 9.17) is 9.47 Å². The lowest BCUT2D eigenvalue weighted by atomic mass is 10.2. The number of hydrogen-bond acceptors (Lipinski definition) is 5. The first-order valence-corrected chi connectivity index (χ1v) is 9.45. The van der Waals surface area contributed by atoms with Crippen LogP contribution in [0, 0.1) is 5.92 Å². The molecular weight excluding hydrogens is 316 g/mol. The first-order valence-electron chi connectivity index (χ1n) is 9.45. The van der Waals surface area contributed by atoms with Gasteiger partial charge in [0.1, 0.15) is 0 Å². The van der Waals surface area contributed by atoms with Gasteiger partial charge in [0.25, 0.3) is 0 Å². The highest BCUT2D eigenvalue weighted by Gasteiger charge is 2.16. The van der Waals surface area contributed by atoms with E-state index in [9.17, 15) is 5.11 Å². The molecule has 2 rings (SSSR count). The summed E-state index contributed by atoms with van der Waals surface area (Å²) in [4.78, 5) is 4.76. The molecule has 5 heteroatoms. The van der Waals surface area contributed by atoms with Gasteiger partial charge in [0, 0.05) is 45.9 Å². The van der Waals surface area contributed by atoms with Gasteiger partial charge in [-0.2, -0.15) is 0 Å². The Balaban J connectivity index is 1.82. The maximum absolute atomic E-state index is 10.3. The molecule has 5 nitrogen and oxygen atoms in total. The number of ether oxygens (including phenoxy) is 2. The zero-order valence-electron chi connectivity index (χ0n) is 15.8. The molecule has 0 amide bonds. The van der Waals surface area contributed by atoms with Crippen LogP contribution in [0.4, 0.5) is 0 Å². The van der Waals surface area contributed by atoms with E-state index in [2.05, 4.69) is 47.9 Å². The fraction of sp³-hybridized carbons (Fsp3) is 0.700. The fourth-order valence-electron chi connectivity index (χ4n) is 2.97. The number of hydrogen-bond donors (Lipinski definition) is 1. The van der Waals surface area contributed by atoms with E-state index in [0.29, 0.717) is 25.7 Å². The van der Waals surface area contributed by atoms with Gasteiger partial charge in [0.05, 0.1) is 25.9 Å². The number of nitrogens with zero attached hydrogens (tertiary/aromatic N) is 2. The molecule has 0 radical (unpaired) electrons. The maximum Gasteiger partial charge on any atom is 0.0900 e. The van der Waals surface area contributed by atoms with E-state index >= 15 is 0 Å². The van der Waals surface area contributed by atoms with Gasteiger partial charge in [0.2, 0.25) is 0 Å². The van der Waals surface area contributed by atoms with Crippen molar-refractivity contribution in [2.45, 2.75) is 26.5 Å². The normalized spacial score (nSPS) is 17.3. The second-order valence-corrected chi connectivity index (χ2v) is 7.26. The highest BCUT2D eigenvalue weighted by atomic mass is 16.5. The summed E-state index contributed by atoms with van der Waals surface area (Å²) in [6, 6.07) is 10.5. The molecule has 0 bridgehead atoms. The highest BCUT2D eigenvalue weighted by Crippen LogP contribution is 2.07. The van der Waals surface area contributed by atoms with Crippen molar-refractivity contribution in [1.29, 1.82) is 0 Å². The third-order valence-corrected chi connectivity index (χ3v) is 4.32. The van der Waals surface area contributed by atoms with Gasteiger partial charge in [-0.15, -0.1) is 0 Å². The van der Waals surface area contributed by atoms with Gasteiger partial charge in [-0.1, -0.05) is 44.2 Å². The summed E-state index contributed by atoms with van der Waals surface area (Å²) in [5.74, 6) is 0.494. The molecule has 0 aromatic heterocycles. The van der Waals surface area contributed by atoms with Crippen LogP contribution in [0.25, 0.3) is 0 Å². The van der Waals surface area contributed by atoms with Crippen LogP contribution in [0.2, 0.25) is 0 Å². The van der Waals surface area contributed by atoms with Crippen LogP contribution in [-0.2, 0) is 16.0 Å². The number of benzene rings is 1. The van der Waals surface area contributed by atoms with Crippen molar-refractivity contribution in [2.24, 2.45) is 5.92 Å². The van der Waals surface area contributed by atoms with Gasteiger partial charge in [-0.05, 0) is 11.5 Å². The van der Waals surface area contributed by atoms with E-state index in [1.54, 1.807) is 0 Å². The van der Waals surface area contributed by atoms with E-state index in [1.165, 1.54) is 5.56 Å². The van der Waals surface area contributed by atoms with Crippen LogP contribution >= 0.6 is 0 Å². The zero-order chi connectivity index (χ0) is 17.9. The third-order valence-electron chi connectivity index (χ3n) is 4.32. The summed E-state index contributed by atoms with van der Waals surface area (Å²) in [6.45, 7) is 12.4. The summed E-state index contributed by atoms with van der Waals surface area (Å²) in [5.41, 5.74) is 1.28. The largest absolute Gasteiger partial charge is 0.389 e. The van der Waals surface area contributed by atoms with E-state index in [-0.39, 0.29) is 0 Å². The van der Waals surface area contributed by atoms with Crippen molar-refractivity contribution in [2.75, 3.05) is 59.2 Å². The summed E-state index contributed by atoms with van der Waals surface area (Å²) >= 11 is 0. The molecular formula is C20H34N2O3. The Morgan fingerprint density at radius 3 is 2.56 bits per heavy atom. The molecule has 1 aliphatic heterocycles. The molecule has 1 aromatic carbocycles. The molecule has 0 unspecified atom stereocenters. The predicted molar refractivity (Wildman–Crippen MR) is 101 cm³/mol. The molecule has 1 saturated heterocycles. The Bertz CT molecular complexity index is 450. The number of aliphatic hydroxyl groups excluding tert-OH is 1. The Kier molecular flexibility index (Phi) is 9.43. The Morgan fingerprint density at radius 1 is 1.16 bits per heavy atom. The Labute approximate surface area is 152 Å². The lowest BCUT2D eigenvalue weighted by molar-refractivity contribution is 0.000957. The molecule has 1 atom stereocenters. The van der Waals surface area contributed by atoms with Crippen LogP contribution in [0.5, 0.6) is 0 Å². The smallest absolute Gasteiger partial charge is 0.0900 e. The number of aliphatic hydroxyl groups is 1. The van der Waals surface area contributed by atoms with Gasteiger partial charge in [-0.3, -0.25) is 9.80 Å². The minimum absolute atomic E-state index is 0.404. The first kappa shape index (κ1) is 20.3. The van der Waals surface area contributed by atoms with Crippen molar-refractivity contribution in [3.63, 3.8) is 0 Å². The average molecular weight is 351 g/mol. The Morgan fingerprint density at radius 2 is 1.88 bits per heavy atom. The first-order chi connectivity index (χ1) is 12.1. The predicted octanol–water partition coefficient (Wildman–Crippen LogP) is 1.85. The molecule has 1 heterocycles. The molecule has 1 aromatic rings. The highest BCUT2D eigenvalue weighted by molar-refractivity contribution is 5.14. The minimum atomic E-state index is -0.452. The molecule has 0 saturated carbocycles. The molecule has 1 aliphatic rings. The van der Waals surface area contributed by atoms with Crippen molar-refractivity contribution in [3.8, 4) is 0 Å². The SMILES string of the molecule is CC(C)COC[C@@H](O)CN(CCN1CCOCC1)Cc1ccccc1. The van der Waals surface area contributed by atoms with Gasteiger partial charge in [-0.25, -0.2) is 0 Å². The second-order valence-electron chi connectivity index (χ2n) is 7.26. The maximum atomic E-state index is 10.3. The molecule has 1 N–H and O–H groups in total. The van der Waals surface area contributed by atoms with E-state index in [1.807, 2.05) is 6.07 Å². The lowest BCUT2D eigenvalue weighted by Crippen LogP contribution is -2.43. The van der Waals surface area contributed by atoms with Gasteiger partial charge < -0.3 is 14.6 Å². The van der Waals surface area contributed by atoms with Crippen LogP contribution < -0.4 is 0 Å². The monoisotopic (exact) mass is 350 g/mol. The number of rotatable bonds is 11. The lowest BCUT2D eigenvalue weighted by Gasteiger charge is -2.31. The van der Waals surface area contributed by atoms with Crippen LogP contribution in [-0.4, -0.2) is 80.2 Å². The fourth-order valence-corrected chi connectivity index (χ4v) is 2.97. The quantitative estimate of drug-likeness (QED) is 0.660. The van der Waals surface area contributed by atoms with Gasteiger partial charge in [0.15, 0.2) is 0 Å². The van der Waals surface area contributed by atoms with Crippen LogP contribution in [0.1, 0.15) is 19.4 Å². The van der Waals surface area contributed by atoms with Gasteiger partial charge >= 0.3 is 0 Å². The van der Waals surface area contributed by atoms with E-state index in [0.717, 1.165) is 45.9 Å². The topological polar surface area (TPSA) is 45.2 Å². The second kappa shape index (κ2) is 11.6. The number of morpholine rings is 1. The summed E-state index contributed by atoms with van der Waals surface area (Å²) in [5, 5.41) is 10.3.